The molecule has 2 unspecified atom stereocenters. The second-order valence-electron chi connectivity index (χ2n) is 5.57. The summed E-state index contributed by atoms with van der Waals surface area (Å²) in [6.07, 6.45) is 2.05. The zero-order chi connectivity index (χ0) is 14.0. The van der Waals surface area contributed by atoms with E-state index in [9.17, 15) is 8.78 Å². The number of nitrogens with zero attached hydrogens (tertiary/aromatic N) is 1. The molecule has 0 spiro atoms. The van der Waals surface area contributed by atoms with Gasteiger partial charge in [-0.05, 0) is 63.9 Å². The lowest BCUT2D eigenvalue weighted by atomic mass is 9.89. The predicted molar refractivity (Wildman–Crippen MR) is 72.7 cm³/mol. The van der Waals surface area contributed by atoms with Crippen LogP contribution < -0.4 is 5.73 Å². The molecule has 19 heavy (non-hydrogen) atoms. The Kier molecular flexibility index (Phi) is 4.53. The van der Waals surface area contributed by atoms with Crippen LogP contribution in [0.1, 0.15) is 38.3 Å². The fourth-order valence-corrected chi connectivity index (χ4v) is 2.86. The molecule has 0 radical (unpaired) electrons. The summed E-state index contributed by atoms with van der Waals surface area (Å²) in [5.74, 6) is -0.169. The molecule has 106 valence electrons. The number of halogens is 2. The normalized spacial score (nSPS) is 21.3. The fourth-order valence-electron chi connectivity index (χ4n) is 2.86. The van der Waals surface area contributed by atoms with Crippen LogP contribution in [0.5, 0.6) is 0 Å². The molecule has 0 bridgehead atoms. The van der Waals surface area contributed by atoms with Crippen molar-refractivity contribution in [2.75, 3.05) is 13.1 Å². The summed E-state index contributed by atoms with van der Waals surface area (Å²) >= 11 is 0. The average molecular weight is 268 g/mol. The Hall–Kier alpha value is -1.00. The largest absolute Gasteiger partial charge is 0.328 e. The Balaban J connectivity index is 2.05. The van der Waals surface area contributed by atoms with Crippen LogP contribution in [-0.2, 0) is 0 Å². The molecule has 0 saturated carbocycles. The highest BCUT2D eigenvalue weighted by molar-refractivity contribution is 5.22. The average Bonchev–Trinajstić information content (AvgIpc) is 2.41. The first-order valence-electron chi connectivity index (χ1n) is 6.93. The summed E-state index contributed by atoms with van der Waals surface area (Å²) in [6, 6.07) is 3.79. The van der Waals surface area contributed by atoms with E-state index in [2.05, 4.69) is 4.90 Å². The summed E-state index contributed by atoms with van der Waals surface area (Å²) < 4.78 is 27.0. The molecular formula is C15H22F2N2. The molecule has 4 heteroatoms. The molecule has 1 saturated heterocycles. The minimum absolute atomic E-state index is 0.0928. The van der Waals surface area contributed by atoms with Crippen molar-refractivity contribution in [1.29, 1.82) is 0 Å². The van der Waals surface area contributed by atoms with Gasteiger partial charge in [0, 0.05) is 17.6 Å². The Morgan fingerprint density at radius 2 is 1.84 bits per heavy atom. The number of benzene rings is 1. The Bertz CT molecular complexity index is 426. The molecule has 2 atom stereocenters. The first-order valence-corrected chi connectivity index (χ1v) is 6.93. The number of rotatable bonds is 3. The molecule has 1 aromatic rings. The van der Waals surface area contributed by atoms with Crippen molar-refractivity contribution >= 4 is 0 Å². The topological polar surface area (TPSA) is 29.3 Å². The van der Waals surface area contributed by atoms with Crippen molar-refractivity contribution < 1.29 is 8.78 Å². The first kappa shape index (κ1) is 14.4. The molecule has 1 aliphatic rings. The van der Waals surface area contributed by atoms with E-state index in [1.54, 1.807) is 0 Å². The van der Waals surface area contributed by atoms with E-state index >= 15 is 0 Å². The highest BCUT2D eigenvalue weighted by Gasteiger charge is 2.26. The van der Waals surface area contributed by atoms with Gasteiger partial charge in [0.25, 0.3) is 0 Å². The van der Waals surface area contributed by atoms with Crippen LogP contribution in [0.2, 0.25) is 0 Å². The van der Waals surface area contributed by atoms with Crippen LogP contribution >= 0.6 is 0 Å². The predicted octanol–water partition coefficient (Wildman–Crippen LogP) is 3.09. The van der Waals surface area contributed by atoms with Gasteiger partial charge < -0.3 is 5.73 Å². The SMILES string of the molecule is CC(N)C1CCN(C(C)c2cc(F)ccc2F)CC1. The molecule has 1 fully saturated rings. The zero-order valence-electron chi connectivity index (χ0n) is 11.6. The number of piperidine rings is 1. The second kappa shape index (κ2) is 5.97. The maximum absolute atomic E-state index is 13.8. The Morgan fingerprint density at radius 3 is 2.42 bits per heavy atom. The molecular weight excluding hydrogens is 246 g/mol. The first-order chi connectivity index (χ1) is 8.99. The lowest BCUT2D eigenvalue weighted by Gasteiger charge is -2.37. The summed E-state index contributed by atoms with van der Waals surface area (Å²) in [7, 11) is 0. The van der Waals surface area contributed by atoms with Crippen molar-refractivity contribution in [3.05, 3.63) is 35.4 Å². The van der Waals surface area contributed by atoms with Crippen molar-refractivity contribution in [1.82, 2.24) is 4.90 Å². The van der Waals surface area contributed by atoms with Crippen molar-refractivity contribution in [2.45, 2.75) is 38.8 Å². The van der Waals surface area contributed by atoms with E-state index in [-0.39, 0.29) is 23.7 Å². The van der Waals surface area contributed by atoms with E-state index in [1.165, 1.54) is 12.1 Å². The number of hydrogen-bond donors (Lipinski definition) is 1. The van der Waals surface area contributed by atoms with Gasteiger partial charge >= 0.3 is 0 Å². The summed E-state index contributed by atoms with van der Waals surface area (Å²) in [4.78, 5) is 2.21. The van der Waals surface area contributed by atoms with Gasteiger partial charge in [0.05, 0.1) is 0 Å². The summed E-state index contributed by atoms with van der Waals surface area (Å²) in [5.41, 5.74) is 6.36. The van der Waals surface area contributed by atoms with E-state index in [0.717, 1.165) is 32.0 Å². The van der Waals surface area contributed by atoms with Gasteiger partial charge in [0.15, 0.2) is 0 Å². The van der Waals surface area contributed by atoms with Gasteiger partial charge in [-0.3, -0.25) is 4.90 Å². The maximum Gasteiger partial charge on any atom is 0.128 e. The van der Waals surface area contributed by atoms with Crippen molar-refractivity contribution in [2.24, 2.45) is 11.7 Å². The van der Waals surface area contributed by atoms with E-state index < -0.39 is 0 Å². The Labute approximate surface area is 113 Å². The summed E-state index contributed by atoms with van der Waals surface area (Å²) in [6.45, 7) is 5.76. The number of likely N-dealkylation sites (tertiary alicyclic amines) is 1. The number of hydrogen-bond acceptors (Lipinski definition) is 2. The van der Waals surface area contributed by atoms with Gasteiger partial charge in [-0.15, -0.1) is 0 Å². The maximum atomic E-state index is 13.8. The van der Waals surface area contributed by atoms with Gasteiger partial charge in [-0.25, -0.2) is 8.78 Å². The van der Waals surface area contributed by atoms with Crippen LogP contribution in [0, 0.1) is 17.6 Å². The second-order valence-corrected chi connectivity index (χ2v) is 5.57. The highest BCUT2D eigenvalue weighted by Crippen LogP contribution is 2.29. The van der Waals surface area contributed by atoms with E-state index in [4.69, 9.17) is 5.73 Å². The van der Waals surface area contributed by atoms with Crippen molar-refractivity contribution in [3.63, 3.8) is 0 Å². The lowest BCUT2D eigenvalue weighted by molar-refractivity contribution is 0.130. The highest BCUT2D eigenvalue weighted by atomic mass is 19.1. The summed E-state index contributed by atoms with van der Waals surface area (Å²) in [5, 5.41) is 0. The third-order valence-corrected chi connectivity index (χ3v) is 4.27. The monoisotopic (exact) mass is 268 g/mol. The Morgan fingerprint density at radius 1 is 1.21 bits per heavy atom. The third-order valence-electron chi connectivity index (χ3n) is 4.27. The van der Waals surface area contributed by atoms with Gasteiger partial charge in [0.2, 0.25) is 0 Å². The molecule has 1 heterocycles. The zero-order valence-corrected chi connectivity index (χ0v) is 11.6. The van der Waals surface area contributed by atoms with Gasteiger partial charge in [0.1, 0.15) is 11.6 Å². The van der Waals surface area contributed by atoms with E-state index in [1.807, 2.05) is 13.8 Å². The van der Waals surface area contributed by atoms with Gasteiger partial charge in [-0.2, -0.15) is 0 Å². The third kappa shape index (κ3) is 3.31. The van der Waals surface area contributed by atoms with Crippen LogP contribution in [0.4, 0.5) is 8.78 Å². The van der Waals surface area contributed by atoms with Crippen molar-refractivity contribution in [3.8, 4) is 0 Å². The minimum atomic E-state index is -0.381. The molecule has 1 aliphatic heterocycles. The lowest BCUT2D eigenvalue weighted by Crippen LogP contribution is -2.40. The smallest absolute Gasteiger partial charge is 0.128 e. The van der Waals surface area contributed by atoms with Crippen LogP contribution in [0.25, 0.3) is 0 Å². The molecule has 0 aliphatic carbocycles. The number of nitrogens with two attached hydrogens (primary N) is 1. The molecule has 2 N–H and O–H groups in total. The molecule has 0 aromatic heterocycles. The van der Waals surface area contributed by atoms with Gasteiger partial charge in [-0.1, -0.05) is 0 Å². The standard InChI is InChI=1S/C15H22F2N2/c1-10(18)12-5-7-19(8-6-12)11(2)14-9-13(16)3-4-15(14)17/h3-4,9-12H,5-8,18H2,1-2H3. The molecule has 1 aromatic carbocycles. The van der Waals surface area contributed by atoms with Crippen LogP contribution in [0.15, 0.2) is 18.2 Å². The quantitative estimate of drug-likeness (QED) is 0.912. The minimum Gasteiger partial charge on any atom is -0.328 e. The molecule has 2 nitrogen and oxygen atoms in total. The fraction of sp³-hybridized carbons (Fsp3) is 0.600. The van der Waals surface area contributed by atoms with Crippen LogP contribution in [0.3, 0.4) is 0 Å². The molecule has 0 amide bonds. The molecule has 2 rings (SSSR count). The van der Waals surface area contributed by atoms with Crippen LogP contribution in [-0.4, -0.2) is 24.0 Å². The van der Waals surface area contributed by atoms with E-state index in [0.29, 0.717) is 11.5 Å².